The molecule has 0 bridgehead atoms. The number of primary sulfonamides is 1. The molecule has 3 N–H and O–H groups in total. The molecule has 0 heterocycles. The van der Waals surface area contributed by atoms with Gasteiger partial charge in [-0.15, -0.1) is 0 Å². The number of sulfonamides is 1. The lowest BCUT2D eigenvalue weighted by atomic mass is 10.2. The van der Waals surface area contributed by atoms with Crippen molar-refractivity contribution in [3.8, 4) is 0 Å². The largest absolute Gasteiger partial charge is 0.478 e. The van der Waals surface area contributed by atoms with E-state index >= 15 is 0 Å². The van der Waals surface area contributed by atoms with Gasteiger partial charge < -0.3 is 5.11 Å². The first-order valence-electron chi connectivity index (χ1n) is 3.49. The van der Waals surface area contributed by atoms with Crippen LogP contribution in [0.15, 0.2) is 17.0 Å². The van der Waals surface area contributed by atoms with E-state index in [2.05, 4.69) is 5.14 Å². The highest BCUT2D eigenvalue weighted by Gasteiger charge is 2.24. The van der Waals surface area contributed by atoms with Crippen LogP contribution in [-0.4, -0.2) is 19.5 Å². The third kappa shape index (κ3) is 2.25. The summed E-state index contributed by atoms with van der Waals surface area (Å²) in [6, 6.07) is 1.81. The number of carbonyl (C=O) groups is 1. The van der Waals surface area contributed by atoms with Crippen molar-refractivity contribution in [3.05, 3.63) is 28.5 Å². The average molecular weight is 254 g/mol. The number of hydrogen-bond donors (Lipinski definition) is 2. The quantitative estimate of drug-likeness (QED) is 0.815. The monoisotopic (exact) mass is 253 g/mol. The maximum Gasteiger partial charge on any atom is 0.338 e. The molecule has 0 aliphatic rings. The van der Waals surface area contributed by atoms with Crippen molar-refractivity contribution in [1.29, 1.82) is 0 Å². The third-order valence-corrected chi connectivity index (χ3v) is 2.96. The number of hydrogen-bond acceptors (Lipinski definition) is 3. The van der Waals surface area contributed by atoms with Crippen LogP contribution in [0.1, 0.15) is 10.4 Å². The van der Waals surface area contributed by atoms with Gasteiger partial charge in [0.15, 0.2) is 5.82 Å². The number of halogens is 2. The topological polar surface area (TPSA) is 97.5 Å². The van der Waals surface area contributed by atoms with Crippen LogP contribution in [-0.2, 0) is 10.0 Å². The molecule has 0 aromatic heterocycles. The van der Waals surface area contributed by atoms with Gasteiger partial charge in [-0.25, -0.2) is 22.7 Å². The van der Waals surface area contributed by atoms with Crippen molar-refractivity contribution in [2.24, 2.45) is 5.14 Å². The summed E-state index contributed by atoms with van der Waals surface area (Å²) >= 11 is 5.40. The molecule has 0 saturated heterocycles. The molecular formula is C7H5ClFNO4S. The minimum atomic E-state index is -4.39. The number of rotatable bonds is 2. The molecule has 1 aromatic carbocycles. The van der Waals surface area contributed by atoms with Crippen LogP contribution in [0.3, 0.4) is 0 Å². The molecule has 8 heteroatoms. The van der Waals surface area contributed by atoms with Gasteiger partial charge in [-0.2, -0.15) is 0 Å². The van der Waals surface area contributed by atoms with E-state index in [1.54, 1.807) is 0 Å². The molecule has 0 unspecified atom stereocenters. The van der Waals surface area contributed by atoms with Crippen LogP contribution in [0.5, 0.6) is 0 Å². The fraction of sp³-hybridized carbons (Fsp3) is 0. The van der Waals surface area contributed by atoms with Gasteiger partial charge in [0, 0.05) is 0 Å². The van der Waals surface area contributed by atoms with E-state index in [1.807, 2.05) is 0 Å². The first-order valence-corrected chi connectivity index (χ1v) is 5.41. The van der Waals surface area contributed by atoms with Gasteiger partial charge in [0.1, 0.15) is 4.90 Å². The summed E-state index contributed by atoms with van der Waals surface area (Å²) in [7, 11) is -4.39. The normalized spacial score (nSPS) is 11.4. The maximum atomic E-state index is 13.4. The molecule has 0 spiro atoms. The van der Waals surface area contributed by atoms with Crippen LogP contribution in [0.2, 0.25) is 5.02 Å². The molecule has 0 radical (unpaired) electrons. The number of carboxylic acid groups (broad SMARTS) is 1. The Morgan fingerprint density at radius 1 is 1.47 bits per heavy atom. The zero-order valence-electron chi connectivity index (χ0n) is 7.07. The summed E-state index contributed by atoms with van der Waals surface area (Å²) in [5, 5.41) is 12.8. The lowest BCUT2D eigenvalue weighted by molar-refractivity contribution is 0.0691. The van der Waals surface area contributed by atoms with Crippen molar-refractivity contribution in [3.63, 3.8) is 0 Å². The average Bonchev–Trinajstić information content (AvgIpc) is 2.00. The van der Waals surface area contributed by atoms with Crippen molar-refractivity contribution < 1.29 is 22.7 Å². The van der Waals surface area contributed by atoms with Crippen molar-refractivity contribution in [2.75, 3.05) is 0 Å². The molecule has 0 fully saturated rings. The van der Waals surface area contributed by atoms with Crippen molar-refractivity contribution >= 4 is 27.6 Å². The van der Waals surface area contributed by atoms with E-state index in [0.29, 0.717) is 0 Å². The Bertz CT molecular complexity index is 528. The van der Waals surface area contributed by atoms with Gasteiger partial charge in [0.05, 0.1) is 10.6 Å². The van der Waals surface area contributed by atoms with E-state index in [-0.39, 0.29) is 0 Å². The highest BCUT2D eigenvalue weighted by Crippen LogP contribution is 2.25. The summed E-state index contributed by atoms with van der Waals surface area (Å²) < 4.78 is 35.2. The summed E-state index contributed by atoms with van der Waals surface area (Å²) in [5.74, 6) is -3.06. The Labute approximate surface area is 89.3 Å². The molecule has 1 rings (SSSR count). The van der Waals surface area contributed by atoms with Crippen LogP contribution < -0.4 is 5.14 Å². The molecule has 0 aliphatic carbocycles. The zero-order chi connectivity index (χ0) is 11.8. The molecule has 0 saturated carbocycles. The number of aromatic carboxylic acids is 1. The minimum absolute atomic E-state index is 0.458. The molecule has 0 amide bonds. The van der Waals surface area contributed by atoms with Crippen molar-refractivity contribution in [1.82, 2.24) is 0 Å². The Hall–Kier alpha value is -1.18. The SMILES string of the molecule is NS(=O)(=O)c1c(Cl)ccc(C(=O)O)c1F. The molecule has 5 nitrogen and oxygen atoms in total. The molecular weight excluding hydrogens is 249 g/mol. The van der Waals surface area contributed by atoms with Crippen LogP contribution in [0, 0.1) is 5.82 Å². The summed E-state index contributed by atoms with van der Waals surface area (Å²) in [6.07, 6.45) is 0. The highest BCUT2D eigenvalue weighted by molar-refractivity contribution is 7.89. The molecule has 15 heavy (non-hydrogen) atoms. The van der Waals surface area contributed by atoms with E-state index in [0.717, 1.165) is 12.1 Å². The standard InChI is InChI=1S/C7H5ClFNO4S/c8-4-2-1-3(7(11)12)5(9)6(4)15(10,13)14/h1-2H,(H,11,12)(H2,10,13,14). The molecule has 1 aromatic rings. The summed E-state index contributed by atoms with van der Waals surface area (Å²) in [5.41, 5.74) is -0.802. The highest BCUT2D eigenvalue weighted by atomic mass is 35.5. The summed E-state index contributed by atoms with van der Waals surface area (Å²) in [4.78, 5) is 9.48. The minimum Gasteiger partial charge on any atom is -0.478 e. The Kier molecular flexibility index (Phi) is 2.98. The van der Waals surface area contributed by atoms with E-state index in [1.165, 1.54) is 0 Å². The second-order valence-corrected chi connectivity index (χ2v) is 4.49. The van der Waals surface area contributed by atoms with Gasteiger partial charge in [0.25, 0.3) is 0 Å². The first-order chi connectivity index (χ1) is 6.75. The van der Waals surface area contributed by atoms with Gasteiger partial charge in [-0.05, 0) is 12.1 Å². The number of nitrogens with two attached hydrogens (primary N) is 1. The fourth-order valence-electron chi connectivity index (χ4n) is 0.958. The van der Waals surface area contributed by atoms with Crippen LogP contribution in [0.25, 0.3) is 0 Å². The first kappa shape index (κ1) is 11.9. The Morgan fingerprint density at radius 2 is 2.00 bits per heavy atom. The fourth-order valence-corrected chi connectivity index (χ4v) is 2.13. The smallest absolute Gasteiger partial charge is 0.338 e. The number of benzene rings is 1. The van der Waals surface area contributed by atoms with Crippen LogP contribution in [0.4, 0.5) is 4.39 Å². The second kappa shape index (κ2) is 3.76. The zero-order valence-corrected chi connectivity index (χ0v) is 8.64. The second-order valence-electron chi connectivity index (χ2n) is 2.59. The van der Waals surface area contributed by atoms with Gasteiger partial charge >= 0.3 is 5.97 Å². The number of carboxylic acids is 1. The van der Waals surface area contributed by atoms with E-state index in [9.17, 15) is 17.6 Å². The van der Waals surface area contributed by atoms with Crippen molar-refractivity contribution in [2.45, 2.75) is 4.90 Å². The maximum absolute atomic E-state index is 13.4. The molecule has 0 aliphatic heterocycles. The lowest BCUT2D eigenvalue weighted by Crippen LogP contribution is -2.16. The van der Waals surface area contributed by atoms with Gasteiger partial charge in [-0.1, -0.05) is 11.6 Å². The predicted molar refractivity (Wildman–Crippen MR) is 49.7 cm³/mol. The Morgan fingerprint density at radius 3 is 2.40 bits per heavy atom. The van der Waals surface area contributed by atoms with E-state index < -0.39 is 37.3 Å². The Balaban J connectivity index is 3.66. The molecule has 0 atom stereocenters. The summed E-state index contributed by atoms with van der Waals surface area (Å²) in [6.45, 7) is 0. The van der Waals surface area contributed by atoms with Gasteiger partial charge in [0.2, 0.25) is 10.0 Å². The third-order valence-electron chi connectivity index (χ3n) is 1.56. The van der Waals surface area contributed by atoms with Crippen LogP contribution >= 0.6 is 11.6 Å². The van der Waals surface area contributed by atoms with Gasteiger partial charge in [-0.3, -0.25) is 0 Å². The predicted octanol–water partition coefficient (Wildman–Crippen LogP) is 0.825. The lowest BCUT2D eigenvalue weighted by Gasteiger charge is -2.05. The molecule has 82 valence electrons. The van der Waals surface area contributed by atoms with E-state index in [4.69, 9.17) is 16.7 Å².